The van der Waals surface area contributed by atoms with E-state index in [1.807, 2.05) is 23.7 Å². The van der Waals surface area contributed by atoms with Crippen molar-refractivity contribution in [2.24, 2.45) is 0 Å². The maximum atomic E-state index is 5.69. The van der Waals surface area contributed by atoms with Gasteiger partial charge in [0, 0.05) is 36.0 Å². The van der Waals surface area contributed by atoms with Crippen LogP contribution >= 0.6 is 11.3 Å². The molecule has 1 fully saturated rings. The van der Waals surface area contributed by atoms with Crippen LogP contribution in [0.3, 0.4) is 0 Å². The van der Waals surface area contributed by atoms with Crippen LogP contribution in [0.1, 0.15) is 0 Å². The van der Waals surface area contributed by atoms with E-state index in [9.17, 15) is 0 Å². The fourth-order valence-electron chi connectivity index (χ4n) is 2.01. The quantitative estimate of drug-likeness (QED) is 0.823. The van der Waals surface area contributed by atoms with Gasteiger partial charge in [-0.15, -0.1) is 11.3 Å². The molecular formula is C12H14N4S. The van der Waals surface area contributed by atoms with Crippen molar-refractivity contribution in [2.45, 2.75) is 0 Å². The summed E-state index contributed by atoms with van der Waals surface area (Å²) in [4.78, 5) is 8.97. The standard InChI is InChI=1S/C12H14N4S/c13-10-1-3-11(4-2-10)15-6-7-16(9-15)12-14-5-8-17-12/h1-5,8H,6-7,9,13H2. The Morgan fingerprint density at radius 3 is 2.59 bits per heavy atom. The fraction of sp³-hybridized carbons (Fsp3) is 0.250. The van der Waals surface area contributed by atoms with Gasteiger partial charge in [-0.1, -0.05) is 0 Å². The fourth-order valence-corrected chi connectivity index (χ4v) is 2.68. The highest BCUT2D eigenvalue weighted by Gasteiger charge is 2.21. The van der Waals surface area contributed by atoms with Gasteiger partial charge in [-0.3, -0.25) is 0 Å². The first-order chi connectivity index (χ1) is 8.33. The van der Waals surface area contributed by atoms with Crippen molar-refractivity contribution in [2.75, 3.05) is 35.3 Å². The van der Waals surface area contributed by atoms with Gasteiger partial charge in [0.05, 0.1) is 6.67 Å². The summed E-state index contributed by atoms with van der Waals surface area (Å²) in [5.41, 5.74) is 7.72. The topological polar surface area (TPSA) is 45.4 Å². The molecule has 3 rings (SSSR count). The largest absolute Gasteiger partial charge is 0.399 e. The van der Waals surface area contributed by atoms with E-state index in [1.165, 1.54) is 5.69 Å². The summed E-state index contributed by atoms with van der Waals surface area (Å²) in [6.45, 7) is 2.96. The van der Waals surface area contributed by atoms with Crippen molar-refractivity contribution in [3.63, 3.8) is 0 Å². The number of hydrogen-bond donors (Lipinski definition) is 1. The first-order valence-corrected chi connectivity index (χ1v) is 6.46. The lowest BCUT2D eigenvalue weighted by molar-refractivity contribution is 0.943. The lowest BCUT2D eigenvalue weighted by Gasteiger charge is -2.19. The minimum absolute atomic E-state index is 0.810. The monoisotopic (exact) mass is 246 g/mol. The van der Waals surface area contributed by atoms with E-state index in [-0.39, 0.29) is 0 Å². The lowest BCUT2D eigenvalue weighted by Crippen LogP contribution is -2.24. The van der Waals surface area contributed by atoms with Crippen molar-refractivity contribution in [3.8, 4) is 0 Å². The molecule has 88 valence electrons. The number of hydrogen-bond acceptors (Lipinski definition) is 5. The Kier molecular flexibility index (Phi) is 2.60. The van der Waals surface area contributed by atoms with Crippen molar-refractivity contribution in [1.82, 2.24) is 4.98 Å². The Hall–Kier alpha value is -1.75. The third-order valence-electron chi connectivity index (χ3n) is 2.93. The minimum atomic E-state index is 0.810. The smallest absolute Gasteiger partial charge is 0.186 e. The number of nitrogens with two attached hydrogens (primary N) is 1. The Bertz CT molecular complexity index is 480. The average Bonchev–Trinajstić information content (AvgIpc) is 3.00. The van der Waals surface area contributed by atoms with Crippen molar-refractivity contribution in [3.05, 3.63) is 35.8 Å². The maximum absolute atomic E-state index is 5.69. The van der Waals surface area contributed by atoms with Crippen LogP contribution in [-0.4, -0.2) is 24.7 Å². The van der Waals surface area contributed by atoms with Crippen LogP contribution in [0.25, 0.3) is 0 Å². The third-order valence-corrected chi connectivity index (χ3v) is 3.76. The van der Waals surface area contributed by atoms with Crippen LogP contribution in [0.2, 0.25) is 0 Å². The summed E-state index contributed by atoms with van der Waals surface area (Å²) >= 11 is 1.69. The zero-order chi connectivity index (χ0) is 11.7. The minimum Gasteiger partial charge on any atom is -0.399 e. The summed E-state index contributed by atoms with van der Waals surface area (Å²) in [5, 5.41) is 3.12. The van der Waals surface area contributed by atoms with Gasteiger partial charge in [-0.2, -0.15) is 0 Å². The average molecular weight is 246 g/mol. The Balaban J connectivity index is 1.74. The number of thiazole rings is 1. The Morgan fingerprint density at radius 2 is 1.88 bits per heavy atom. The van der Waals surface area contributed by atoms with E-state index < -0.39 is 0 Å². The molecule has 1 aliphatic rings. The number of nitrogens with zero attached hydrogens (tertiary/aromatic N) is 3. The molecule has 0 atom stereocenters. The van der Waals surface area contributed by atoms with Gasteiger partial charge in [-0.05, 0) is 24.3 Å². The molecule has 0 amide bonds. The molecule has 0 spiro atoms. The van der Waals surface area contributed by atoms with E-state index in [1.54, 1.807) is 11.3 Å². The molecule has 0 radical (unpaired) electrons. The normalized spacial score (nSPS) is 15.5. The molecule has 1 aromatic carbocycles. The van der Waals surface area contributed by atoms with Crippen molar-refractivity contribution in [1.29, 1.82) is 0 Å². The second kappa shape index (κ2) is 4.25. The van der Waals surface area contributed by atoms with E-state index in [2.05, 4.69) is 26.9 Å². The van der Waals surface area contributed by atoms with Crippen LogP contribution in [0.15, 0.2) is 35.8 Å². The second-order valence-corrected chi connectivity index (χ2v) is 4.95. The zero-order valence-electron chi connectivity index (χ0n) is 9.41. The van der Waals surface area contributed by atoms with Gasteiger partial charge in [0.1, 0.15) is 0 Å². The van der Waals surface area contributed by atoms with Crippen LogP contribution in [0, 0.1) is 0 Å². The Labute approximate surface area is 104 Å². The van der Waals surface area contributed by atoms with Crippen LogP contribution in [-0.2, 0) is 0 Å². The molecule has 0 aliphatic carbocycles. The van der Waals surface area contributed by atoms with Gasteiger partial charge < -0.3 is 15.5 Å². The number of rotatable bonds is 2. The number of nitrogen functional groups attached to an aromatic ring is 1. The van der Waals surface area contributed by atoms with Gasteiger partial charge in [0.15, 0.2) is 5.13 Å². The third kappa shape index (κ3) is 2.06. The van der Waals surface area contributed by atoms with Gasteiger partial charge >= 0.3 is 0 Å². The molecule has 17 heavy (non-hydrogen) atoms. The summed E-state index contributed by atoms with van der Waals surface area (Å²) in [5.74, 6) is 0. The van der Waals surface area contributed by atoms with E-state index >= 15 is 0 Å². The van der Waals surface area contributed by atoms with E-state index in [0.717, 1.165) is 30.6 Å². The molecule has 2 aromatic rings. The number of aromatic nitrogens is 1. The van der Waals surface area contributed by atoms with E-state index in [4.69, 9.17) is 5.73 Å². The molecule has 4 nitrogen and oxygen atoms in total. The van der Waals surface area contributed by atoms with Crippen LogP contribution in [0.5, 0.6) is 0 Å². The predicted octanol–water partition coefficient (Wildman–Crippen LogP) is 2.01. The molecule has 1 aromatic heterocycles. The molecule has 0 bridgehead atoms. The predicted molar refractivity (Wildman–Crippen MR) is 72.5 cm³/mol. The van der Waals surface area contributed by atoms with Gasteiger partial charge in [-0.25, -0.2) is 4.98 Å². The number of benzene rings is 1. The molecule has 0 unspecified atom stereocenters. The van der Waals surface area contributed by atoms with Crippen molar-refractivity contribution < 1.29 is 0 Å². The SMILES string of the molecule is Nc1ccc(N2CCN(c3nccs3)C2)cc1. The number of anilines is 3. The van der Waals surface area contributed by atoms with Gasteiger partial charge in [0.25, 0.3) is 0 Å². The first-order valence-electron chi connectivity index (χ1n) is 5.58. The molecule has 0 saturated carbocycles. The highest BCUT2D eigenvalue weighted by molar-refractivity contribution is 7.13. The maximum Gasteiger partial charge on any atom is 0.186 e. The Morgan fingerprint density at radius 1 is 1.12 bits per heavy atom. The van der Waals surface area contributed by atoms with E-state index in [0.29, 0.717) is 0 Å². The highest BCUT2D eigenvalue weighted by Crippen LogP contribution is 2.24. The summed E-state index contributed by atoms with van der Waals surface area (Å²) in [6.07, 6.45) is 1.85. The summed E-state index contributed by atoms with van der Waals surface area (Å²) in [6, 6.07) is 8.03. The van der Waals surface area contributed by atoms with Crippen LogP contribution < -0.4 is 15.5 Å². The first kappa shape index (κ1) is 10.4. The molecule has 5 heteroatoms. The van der Waals surface area contributed by atoms with Gasteiger partial charge in [0.2, 0.25) is 0 Å². The van der Waals surface area contributed by atoms with Crippen LogP contribution in [0.4, 0.5) is 16.5 Å². The molecule has 1 aliphatic heterocycles. The summed E-state index contributed by atoms with van der Waals surface area (Å²) < 4.78 is 0. The summed E-state index contributed by atoms with van der Waals surface area (Å²) in [7, 11) is 0. The van der Waals surface area contributed by atoms with Crippen molar-refractivity contribution >= 4 is 27.8 Å². The molecule has 2 heterocycles. The second-order valence-electron chi connectivity index (χ2n) is 4.07. The molecular weight excluding hydrogens is 232 g/mol. The highest BCUT2D eigenvalue weighted by atomic mass is 32.1. The molecule has 2 N–H and O–H groups in total. The molecule has 1 saturated heterocycles. The zero-order valence-corrected chi connectivity index (χ0v) is 10.2. The lowest BCUT2D eigenvalue weighted by atomic mass is 10.2.